The third-order valence-electron chi connectivity index (χ3n) is 5.13. The minimum absolute atomic E-state index is 0.137. The van der Waals surface area contributed by atoms with Crippen molar-refractivity contribution >= 4 is 5.71 Å². The van der Waals surface area contributed by atoms with Crippen molar-refractivity contribution < 1.29 is 9.47 Å². The summed E-state index contributed by atoms with van der Waals surface area (Å²) in [6, 6.07) is 6.06. The lowest BCUT2D eigenvalue weighted by Gasteiger charge is -2.24. The van der Waals surface area contributed by atoms with Crippen LogP contribution in [0.25, 0.3) is 11.3 Å². The number of aryl methyl sites for hydroxylation is 1. The maximum Gasteiger partial charge on any atom is 0.223 e. The van der Waals surface area contributed by atoms with Crippen LogP contribution in [0.2, 0.25) is 0 Å². The highest BCUT2D eigenvalue weighted by Gasteiger charge is 2.26. The monoisotopic (exact) mass is 375 g/mol. The van der Waals surface area contributed by atoms with Gasteiger partial charge in [0, 0.05) is 49.6 Å². The molecule has 0 aliphatic carbocycles. The summed E-state index contributed by atoms with van der Waals surface area (Å²) in [6.45, 7) is 2.11. The Labute approximate surface area is 163 Å². The Kier molecular flexibility index (Phi) is 4.37. The molecule has 2 aliphatic heterocycles. The van der Waals surface area contributed by atoms with E-state index in [2.05, 4.69) is 21.1 Å². The molecule has 7 nitrogen and oxygen atoms in total. The van der Waals surface area contributed by atoms with Gasteiger partial charge in [-0.15, -0.1) is 0 Å². The van der Waals surface area contributed by atoms with Gasteiger partial charge in [0.15, 0.2) is 0 Å². The number of aliphatic imine (C=N–C) groups is 1. The third kappa shape index (κ3) is 3.18. The van der Waals surface area contributed by atoms with Gasteiger partial charge in [-0.3, -0.25) is 14.7 Å². The highest BCUT2D eigenvalue weighted by Crippen LogP contribution is 2.31. The standard InChI is InChI=1S/C21H21N5O2/c1-26-13-16(12-25-26)18-10-14(2-6-22-18)20-19-15(11-24-20)3-7-23-21(19)28-17-4-8-27-9-5-17/h2-3,6-7,10,12-13,17H,4-5,8-9,11H2,1H3. The summed E-state index contributed by atoms with van der Waals surface area (Å²) in [4.78, 5) is 13.8. The molecule has 5 heterocycles. The Morgan fingerprint density at radius 3 is 2.79 bits per heavy atom. The van der Waals surface area contributed by atoms with Crippen LogP contribution in [0.15, 0.2) is 48.0 Å². The van der Waals surface area contributed by atoms with E-state index in [0.717, 1.165) is 59.7 Å². The molecule has 1 fully saturated rings. The minimum atomic E-state index is 0.137. The zero-order valence-corrected chi connectivity index (χ0v) is 15.7. The van der Waals surface area contributed by atoms with Crippen molar-refractivity contribution in [2.75, 3.05) is 13.2 Å². The van der Waals surface area contributed by atoms with Crippen molar-refractivity contribution in [1.82, 2.24) is 19.7 Å². The minimum Gasteiger partial charge on any atom is -0.474 e. The van der Waals surface area contributed by atoms with Gasteiger partial charge < -0.3 is 9.47 Å². The fourth-order valence-electron chi connectivity index (χ4n) is 3.67. The first kappa shape index (κ1) is 17.1. The molecule has 0 spiro atoms. The van der Waals surface area contributed by atoms with E-state index >= 15 is 0 Å². The second kappa shape index (κ2) is 7.16. The number of fused-ring (bicyclic) bond motifs is 1. The van der Waals surface area contributed by atoms with Crippen LogP contribution in [-0.2, 0) is 18.3 Å². The molecule has 0 saturated carbocycles. The normalized spacial score (nSPS) is 16.7. The SMILES string of the molecule is Cn1cc(-c2cc(C3=NCc4ccnc(OC5CCOCC5)c43)ccn2)cn1. The lowest BCUT2D eigenvalue weighted by molar-refractivity contribution is 0.0236. The molecule has 5 rings (SSSR count). The zero-order chi connectivity index (χ0) is 18.9. The molecule has 7 heteroatoms. The van der Waals surface area contributed by atoms with Crippen LogP contribution in [0.4, 0.5) is 0 Å². The van der Waals surface area contributed by atoms with Gasteiger partial charge in [0.05, 0.1) is 42.9 Å². The summed E-state index contributed by atoms with van der Waals surface area (Å²) >= 11 is 0. The molecule has 0 aromatic carbocycles. The number of nitrogens with zero attached hydrogens (tertiary/aromatic N) is 5. The van der Waals surface area contributed by atoms with Crippen molar-refractivity contribution in [3.8, 4) is 17.1 Å². The average molecular weight is 375 g/mol. The molecular weight excluding hydrogens is 354 g/mol. The highest BCUT2D eigenvalue weighted by molar-refractivity contribution is 6.16. The van der Waals surface area contributed by atoms with Gasteiger partial charge in [-0.1, -0.05) is 0 Å². The van der Waals surface area contributed by atoms with Crippen molar-refractivity contribution in [2.24, 2.45) is 12.0 Å². The quantitative estimate of drug-likeness (QED) is 0.701. The Morgan fingerprint density at radius 1 is 1.11 bits per heavy atom. The lowest BCUT2D eigenvalue weighted by atomic mass is 10.0. The molecule has 0 bridgehead atoms. The van der Waals surface area contributed by atoms with E-state index < -0.39 is 0 Å². The van der Waals surface area contributed by atoms with Crippen LogP contribution in [0.5, 0.6) is 5.88 Å². The van der Waals surface area contributed by atoms with Gasteiger partial charge in [-0.05, 0) is 23.8 Å². The zero-order valence-electron chi connectivity index (χ0n) is 15.7. The van der Waals surface area contributed by atoms with E-state index in [1.54, 1.807) is 10.9 Å². The summed E-state index contributed by atoms with van der Waals surface area (Å²) in [5, 5.41) is 4.24. The fourth-order valence-corrected chi connectivity index (χ4v) is 3.67. The van der Waals surface area contributed by atoms with Gasteiger partial charge in [-0.25, -0.2) is 4.98 Å². The first-order chi connectivity index (χ1) is 13.8. The number of hydrogen-bond donors (Lipinski definition) is 0. The maximum atomic E-state index is 6.27. The Morgan fingerprint density at radius 2 is 1.96 bits per heavy atom. The number of ether oxygens (including phenoxy) is 2. The number of rotatable bonds is 4. The number of hydrogen-bond acceptors (Lipinski definition) is 6. The smallest absolute Gasteiger partial charge is 0.223 e. The summed E-state index contributed by atoms with van der Waals surface area (Å²) < 4.78 is 13.5. The first-order valence-electron chi connectivity index (χ1n) is 9.50. The van der Waals surface area contributed by atoms with Crippen LogP contribution < -0.4 is 4.74 Å². The fraction of sp³-hybridized carbons (Fsp3) is 0.333. The summed E-state index contributed by atoms with van der Waals surface area (Å²) in [5.74, 6) is 0.667. The van der Waals surface area contributed by atoms with E-state index in [9.17, 15) is 0 Å². The maximum absolute atomic E-state index is 6.27. The van der Waals surface area contributed by atoms with E-state index in [1.165, 1.54) is 0 Å². The highest BCUT2D eigenvalue weighted by atomic mass is 16.5. The molecule has 0 unspecified atom stereocenters. The number of pyridine rings is 2. The molecule has 3 aromatic heterocycles. The predicted molar refractivity (Wildman–Crippen MR) is 104 cm³/mol. The van der Waals surface area contributed by atoms with Gasteiger partial charge in [0.25, 0.3) is 0 Å². The molecule has 3 aromatic rings. The molecule has 28 heavy (non-hydrogen) atoms. The molecule has 1 saturated heterocycles. The Hall–Kier alpha value is -3.06. The summed E-state index contributed by atoms with van der Waals surface area (Å²) in [5.41, 5.74) is 5.92. The van der Waals surface area contributed by atoms with Crippen LogP contribution in [-0.4, -0.2) is 44.8 Å². The number of aromatic nitrogens is 4. The van der Waals surface area contributed by atoms with Crippen molar-refractivity contribution in [1.29, 1.82) is 0 Å². The van der Waals surface area contributed by atoms with E-state index in [1.807, 2.05) is 37.8 Å². The largest absolute Gasteiger partial charge is 0.474 e. The van der Waals surface area contributed by atoms with E-state index in [4.69, 9.17) is 14.5 Å². The van der Waals surface area contributed by atoms with Crippen LogP contribution in [0, 0.1) is 0 Å². The molecule has 0 radical (unpaired) electrons. The topological polar surface area (TPSA) is 74.4 Å². The summed E-state index contributed by atoms with van der Waals surface area (Å²) in [6.07, 6.45) is 9.30. The van der Waals surface area contributed by atoms with Gasteiger partial charge in [0.2, 0.25) is 5.88 Å². The molecule has 0 amide bonds. The predicted octanol–water partition coefficient (Wildman–Crippen LogP) is 2.79. The van der Waals surface area contributed by atoms with Crippen LogP contribution in [0.3, 0.4) is 0 Å². The molecule has 2 aliphatic rings. The Balaban J connectivity index is 1.49. The van der Waals surface area contributed by atoms with Crippen molar-refractivity contribution in [2.45, 2.75) is 25.5 Å². The average Bonchev–Trinajstić information content (AvgIpc) is 3.36. The molecule has 0 N–H and O–H groups in total. The van der Waals surface area contributed by atoms with E-state index in [0.29, 0.717) is 12.4 Å². The van der Waals surface area contributed by atoms with Gasteiger partial charge in [-0.2, -0.15) is 5.10 Å². The third-order valence-corrected chi connectivity index (χ3v) is 5.13. The van der Waals surface area contributed by atoms with Crippen molar-refractivity contribution in [3.05, 3.63) is 59.7 Å². The van der Waals surface area contributed by atoms with Crippen LogP contribution in [0.1, 0.15) is 29.5 Å². The van der Waals surface area contributed by atoms with Gasteiger partial charge in [0.1, 0.15) is 6.10 Å². The van der Waals surface area contributed by atoms with Gasteiger partial charge >= 0.3 is 0 Å². The van der Waals surface area contributed by atoms with Crippen LogP contribution >= 0.6 is 0 Å². The molecular formula is C21H21N5O2. The molecule has 0 atom stereocenters. The first-order valence-corrected chi connectivity index (χ1v) is 9.50. The molecule has 142 valence electrons. The second-order valence-electron chi connectivity index (χ2n) is 7.08. The summed E-state index contributed by atoms with van der Waals surface area (Å²) in [7, 11) is 1.90. The van der Waals surface area contributed by atoms with Crippen molar-refractivity contribution in [3.63, 3.8) is 0 Å². The lowest BCUT2D eigenvalue weighted by Crippen LogP contribution is -2.27. The second-order valence-corrected chi connectivity index (χ2v) is 7.08. The Bertz CT molecular complexity index is 1040. The van der Waals surface area contributed by atoms with E-state index in [-0.39, 0.29) is 6.10 Å².